The molecule has 0 bridgehead atoms. The van der Waals surface area contributed by atoms with Crippen LogP contribution in [0.4, 0.5) is 4.39 Å². The van der Waals surface area contributed by atoms with Crippen LogP contribution in [0.25, 0.3) is 0 Å². The molecule has 0 amide bonds. The van der Waals surface area contributed by atoms with Crippen LogP contribution in [-0.4, -0.2) is 11.1 Å². The van der Waals surface area contributed by atoms with Crippen molar-refractivity contribution in [3.05, 3.63) is 98.2 Å². The third-order valence-electron chi connectivity index (χ3n) is 4.27. The summed E-state index contributed by atoms with van der Waals surface area (Å²) in [5, 5.41) is 9.59. The van der Waals surface area contributed by atoms with Gasteiger partial charge in [0.05, 0.1) is 10.0 Å². The molecule has 0 fully saturated rings. The molecular weight excluding hydrogens is 447 g/mol. The molecule has 0 radical (unpaired) electrons. The molecular formula is C22H17BrClFO3. The number of aryl methyl sites for hydroxylation is 2. The number of carbonyl (C=O) groups is 1. The van der Waals surface area contributed by atoms with E-state index in [1.807, 2.05) is 18.2 Å². The molecule has 3 nitrogen and oxygen atoms in total. The molecule has 28 heavy (non-hydrogen) atoms. The van der Waals surface area contributed by atoms with Crippen LogP contribution in [0.5, 0.6) is 5.75 Å². The fraction of sp³-hybridized carbons (Fsp3) is 0.136. The zero-order valence-corrected chi connectivity index (χ0v) is 17.1. The molecule has 0 spiro atoms. The number of rotatable bonds is 7. The quantitative estimate of drug-likeness (QED) is 0.447. The predicted octanol–water partition coefficient (Wildman–Crippen LogP) is 6.30. The first-order valence-electron chi connectivity index (χ1n) is 8.60. The average Bonchev–Trinajstić information content (AvgIpc) is 2.67. The molecule has 0 aliphatic heterocycles. The summed E-state index contributed by atoms with van der Waals surface area (Å²) in [6, 6.07) is 16.6. The van der Waals surface area contributed by atoms with Crippen molar-refractivity contribution in [2.24, 2.45) is 0 Å². The van der Waals surface area contributed by atoms with E-state index in [0.29, 0.717) is 30.2 Å². The monoisotopic (exact) mass is 462 g/mol. The molecule has 1 N–H and O–H groups in total. The standard InChI is InChI=1S/C22H17BrClFO3/c23-20-12-18(24)11-17(8-3-14-1-6-16(7-2-14)22(26)27)21(20)28-13-15-4-9-19(25)10-5-15/h1-2,4-7,9-12H,3,8,13H2,(H,26,27). The largest absolute Gasteiger partial charge is 0.487 e. The van der Waals surface area contributed by atoms with Gasteiger partial charge in [0.1, 0.15) is 18.2 Å². The van der Waals surface area contributed by atoms with Crippen molar-refractivity contribution in [1.29, 1.82) is 0 Å². The second kappa shape index (κ2) is 9.22. The average molecular weight is 464 g/mol. The maximum absolute atomic E-state index is 13.1. The van der Waals surface area contributed by atoms with Crippen molar-refractivity contribution in [3.63, 3.8) is 0 Å². The fourth-order valence-electron chi connectivity index (χ4n) is 2.79. The van der Waals surface area contributed by atoms with Gasteiger partial charge in [0, 0.05) is 5.02 Å². The van der Waals surface area contributed by atoms with Crippen LogP contribution < -0.4 is 4.74 Å². The molecule has 0 atom stereocenters. The summed E-state index contributed by atoms with van der Waals surface area (Å²) in [6.07, 6.45) is 1.38. The summed E-state index contributed by atoms with van der Waals surface area (Å²) in [4.78, 5) is 11.0. The van der Waals surface area contributed by atoms with Crippen molar-refractivity contribution >= 4 is 33.5 Å². The molecule has 0 aliphatic rings. The molecule has 3 rings (SSSR count). The second-order valence-electron chi connectivity index (χ2n) is 6.29. The van der Waals surface area contributed by atoms with Gasteiger partial charge in [-0.3, -0.25) is 0 Å². The molecule has 0 saturated carbocycles. The minimum Gasteiger partial charge on any atom is -0.487 e. The molecule has 3 aromatic carbocycles. The Balaban J connectivity index is 1.74. The normalized spacial score (nSPS) is 10.7. The van der Waals surface area contributed by atoms with Crippen LogP contribution in [0, 0.1) is 5.82 Å². The van der Waals surface area contributed by atoms with Crippen LogP contribution in [-0.2, 0) is 19.4 Å². The van der Waals surface area contributed by atoms with Gasteiger partial charge in [-0.2, -0.15) is 0 Å². The number of aromatic carboxylic acids is 1. The Kier molecular flexibility index (Phi) is 6.70. The predicted molar refractivity (Wildman–Crippen MR) is 111 cm³/mol. The Bertz CT molecular complexity index is 972. The van der Waals surface area contributed by atoms with E-state index in [9.17, 15) is 9.18 Å². The minimum atomic E-state index is -0.943. The van der Waals surface area contributed by atoms with Gasteiger partial charge in [-0.1, -0.05) is 35.9 Å². The van der Waals surface area contributed by atoms with Gasteiger partial charge in [-0.15, -0.1) is 0 Å². The maximum atomic E-state index is 13.1. The molecule has 0 unspecified atom stereocenters. The fourth-order valence-corrected chi connectivity index (χ4v) is 3.78. The summed E-state index contributed by atoms with van der Waals surface area (Å²) in [5.74, 6) is -0.538. The van der Waals surface area contributed by atoms with Gasteiger partial charge in [0.25, 0.3) is 0 Å². The summed E-state index contributed by atoms with van der Waals surface area (Å²) in [5.41, 5.74) is 3.07. The SMILES string of the molecule is O=C(O)c1ccc(CCc2cc(Cl)cc(Br)c2OCc2ccc(F)cc2)cc1. The molecule has 3 aromatic rings. The lowest BCUT2D eigenvalue weighted by molar-refractivity contribution is 0.0697. The van der Waals surface area contributed by atoms with E-state index in [4.69, 9.17) is 21.4 Å². The van der Waals surface area contributed by atoms with E-state index < -0.39 is 5.97 Å². The minimum absolute atomic E-state index is 0.262. The van der Waals surface area contributed by atoms with E-state index in [1.54, 1.807) is 30.3 Å². The van der Waals surface area contributed by atoms with E-state index in [2.05, 4.69) is 15.9 Å². The van der Waals surface area contributed by atoms with Gasteiger partial charge >= 0.3 is 5.97 Å². The Hall–Kier alpha value is -2.37. The molecule has 144 valence electrons. The number of ether oxygens (including phenoxy) is 1. The van der Waals surface area contributed by atoms with Gasteiger partial charge in [-0.05, 0) is 81.9 Å². The number of hydrogen-bond donors (Lipinski definition) is 1. The Morgan fingerprint density at radius 2 is 1.64 bits per heavy atom. The van der Waals surface area contributed by atoms with Crippen LogP contribution >= 0.6 is 27.5 Å². The maximum Gasteiger partial charge on any atom is 0.335 e. The number of carboxylic acids is 1. The highest BCUT2D eigenvalue weighted by molar-refractivity contribution is 9.10. The van der Waals surface area contributed by atoms with Crippen molar-refractivity contribution in [2.45, 2.75) is 19.4 Å². The number of benzene rings is 3. The first kappa shape index (κ1) is 20.4. The third kappa shape index (κ3) is 5.33. The zero-order chi connectivity index (χ0) is 20.1. The van der Waals surface area contributed by atoms with Crippen LogP contribution in [0.15, 0.2) is 65.1 Å². The summed E-state index contributed by atoms with van der Waals surface area (Å²) in [7, 11) is 0. The lowest BCUT2D eigenvalue weighted by Crippen LogP contribution is -2.02. The number of halogens is 3. The summed E-state index contributed by atoms with van der Waals surface area (Å²) < 4.78 is 19.8. The number of hydrogen-bond acceptors (Lipinski definition) is 2. The van der Waals surface area contributed by atoms with E-state index in [1.165, 1.54) is 12.1 Å². The smallest absolute Gasteiger partial charge is 0.335 e. The molecule has 0 aliphatic carbocycles. The Labute approximate surface area is 175 Å². The van der Waals surface area contributed by atoms with Gasteiger partial charge < -0.3 is 9.84 Å². The lowest BCUT2D eigenvalue weighted by Gasteiger charge is -2.14. The highest BCUT2D eigenvalue weighted by atomic mass is 79.9. The lowest BCUT2D eigenvalue weighted by atomic mass is 10.0. The van der Waals surface area contributed by atoms with Crippen LogP contribution in [0.1, 0.15) is 27.0 Å². The second-order valence-corrected chi connectivity index (χ2v) is 7.58. The van der Waals surface area contributed by atoms with Gasteiger partial charge in [0.15, 0.2) is 0 Å². The number of carboxylic acid groups (broad SMARTS) is 1. The molecule has 0 aromatic heterocycles. The van der Waals surface area contributed by atoms with Gasteiger partial charge in [0.2, 0.25) is 0 Å². The molecule has 6 heteroatoms. The van der Waals surface area contributed by atoms with Gasteiger partial charge in [-0.25, -0.2) is 9.18 Å². The summed E-state index contributed by atoms with van der Waals surface area (Å²) in [6.45, 7) is 0.306. The Morgan fingerprint density at radius 3 is 2.29 bits per heavy atom. The molecule has 0 heterocycles. The van der Waals surface area contributed by atoms with Crippen molar-refractivity contribution < 1.29 is 19.0 Å². The van der Waals surface area contributed by atoms with Crippen LogP contribution in [0.2, 0.25) is 5.02 Å². The zero-order valence-electron chi connectivity index (χ0n) is 14.8. The third-order valence-corrected chi connectivity index (χ3v) is 5.07. The van der Waals surface area contributed by atoms with Crippen LogP contribution in [0.3, 0.4) is 0 Å². The van der Waals surface area contributed by atoms with Crippen molar-refractivity contribution in [2.75, 3.05) is 0 Å². The van der Waals surface area contributed by atoms with E-state index >= 15 is 0 Å². The molecule has 0 saturated heterocycles. The van der Waals surface area contributed by atoms with Crippen molar-refractivity contribution in [1.82, 2.24) is 0 Å². The topological polar surface area (TPSA) is 46.5 Å². The highest BCUT2D eigenvalue weighted by Crippen LogP contribution is 2.34. The first-order valence-corrected chi connectivity index (χ1v) is 9.77. The van der Waals surface area contributed by atoms with Crippen molar-refractivity contribution in [3.8, 4) is 5.75 Å². The first-order chi connectivity index (χ1) is 13.4. The van der Waals surface area contributed by atoms with E-state index in [-0.39, 0.29) is 11.4 Å². The van der Waals surface area contributed by atoms with E-state index in [0.717, 1.165) is 21.2 Å². The summed E-state index contributed by atoms with van der Waals surface area (Å²) >= 11 is 9.70. The highest BCUT2D eigenvalue weighted by Gasteiger charge is 2.12. The Morgan fingerprint density at radius 1 is 1.00 bits per heavy atom.